The first kappa shape index (κ1) is 12.7. The van der Waals surface area contributed by atoms with Crippen molar-refractivity contribution in [3.63, 3.8) is 0 Å². The zero-order chi connectivity index (χ0) is 13.0. The van der Waals surface area contributed by atoms with E-state index in [2.05, 4.69) is 10.6 Å². The van der Waals surface area contributed by atoms with Crippen molar-refractivity contribution in [3.8, 4) is 11.5 Å². The Hall–Kier alpha value is -1.75. The fourth-order valence-electron chi connectivity index (χ4n) is 2.13. The summed E-state index contributed by atoms with van der Waals surface area (Å²) in [5, 5.41) is 25.1. The lowest BCUT2D eigenvalue weighted by Gasteiger charge is -2.16. The van der Waals surface area contributed by atoms with Crippen LogP contribution in [0.1, 0.15) is 29.6 Å². The van der Waals surface area contributed by atoms with Crippen LogP contribution >= 0.6 is 0 Å². The molecule has 5 nitrogen and oxygen atoms in total. The second-order valence-electron chi connectivity index (χ2n) is 4.55. The summed E-state index contributed by atoms with van der Waals surface area (Å²) in [6, 6.07) is 4.06. The summed E-state index contributed by atoms with van der Waals surface area (Å²) in [5.74, 6) is -0.479. The van der Waals surface area contributed by atoms with Crippen molar-refractivity contribution in [1.29, 1.82) is 0 Å². The Kier molecular flexibility index (Phi) is 4.04. The van der Waals surface area contributed by atoms with Gasteiger partial charge in [-0.1, -0.05) is 0 Å². The summed E-state index contributed by atoms with van der Waals surface area (Å²) in [6.07, 6.45) is 2.83. The van der Waals surface area contributed by atoms with Crippen molar-refractivity contribution in [2.45, 2.75) is 25.3 Å². The van der Waals surface area contributed by atoms with Gasteiger partial charge in [0.15, 0.2) is 0 Å². The average Bonchev–Trinajstić information content (AvgIpc) is 2.61. The molecule has 1 aliphatic rings. The SMILES string of the molecule is O=C(NC1CCCNCC1)c1cc(O)ccc1O. The zero-order valence-electron chi connectivity index (χ0n) is 10.1. The minimum atomic E-state index is -0.338. The molecular weight excluding hydrogens is 232 g/mol. The van der Waals surface area contributed by atoms with Crippen LogP contribution in [0.2, 0.25) is 0 Å². The fourth-order valence-corrected chi connectivity index (χ4v) is 2.13. The number of benzene rings is 1. The van der Waals surface area contributed by atoms with Gasteiger partial charge in [0.05, 0.1) is 5.56 Å². The van der Waals surface area contributed by atoms with E-state index in [0.29, 0.717) is 0 Å². The molecule has 0 spiro atoms. The molecule has 0 saturated carbocycles. The van der Waals surface area contributed by atoms with Crippen molar-refractivity contribution >= 4 is 5.91 Å². The first-order chi connectivity index (χ1) is 8.66. The Morgan fingerprint density at radius 3 is 2.94 bits per heavy atom. The lowest BCUT2D eigenvalue weighted by molar-refractivity contribution is 0.0931. The maximum absolute atomic E-state index is 12.0. The quantitative estimate of drug-likeness (QED) is 0.590. The van der Waals surface area contributed by atoms with E-state index in [1.165, 1.54) is 18.2 Å². The predicted octanol–water partition coefficient (Wildman–Crippen LogP) is 0.970. The van der Waals surface area contributed by atoms with Crippen LogP contribution in [0, 0.1) is 0 Å². The average molecular weight is 250 g/mol. The zero-order valence-corrected chi connectivity index (χ0v) is 10.1. The highest BCUT2D eigenvalue weighted by Gasteiger charge is 2.18. The van der Waals surface area contributed by atoms with Crippen LogP contribution in [0.25, 0.3) is 0 Å². The van der Waals surface area contributed by atoms with E-state index in [4.69, 9.17) is 0 Å². The molecule has 4 N–H and O–H groups in total. The fraction of sp³-hybridized carbons (Fsp3) is 0.462. The highest BCUT2D eigenvalue weighted by molar-refractivity contribution is 5.97. The highest BCUT2D eigenvalue weighted by atomic mass is 16.3. The number of hydrogen-bond donors (Lipinski definition) is 4. The van der Waals surface area contributed by atoms with Gasteiger partial charge >= 0.3 is 0 Å². The maximum Gasteiger partial charge on any atom is 0.255 e. The molecule has 1 amide bonds. The number of rotatable bonds is 2. The Bertz CT molecular complexity index is 426. The number of aromatic hydroxyl groups is 2. The third-order valence-corrected chi connectivity index (χ3v) is 3.14. The summed E-state index contributed by atoms with van der Waals surface area (Å²) in [5.41, 5.74) is 0.118. The van der Waals surface area contributed by atoms with Gasteiger partial charge in [-0.25, -0.2) is 0 Å². The van der Waals surface area contributed by atoms with Gasteiger partial charge < -0.3 is 20.8 Å². The van der Waals surface area contributed by atoms with Crippen LogP contribution in [0.4, 0.5) is 0 Å². The molecule has 0 aromatic heterocycles. The van der Waals surface area contributed by atoms with Crippen LogP contribution in [0.5, 0.6) is 11.5 Å². The van der Waals surface area contributed by atoms with E-state index in [1.807, 2.05) is 0 Å². The maximum atomic E-state index is 12.0. The minimum Gasteiger partial charge on any atom is -0.508 e. The standard InChI is InChI=1S/C13H18N2O3/c16-10-3-4-12(17)11(8-10)13(18)15-9-2-1-6-14-7-5-9/h3-4,8-9,14,16-17H,1-2,5-7H2,(H,15,18). The Morgan fingerprint density at radius 1 is 1.28 bits per heavy atom. The molecule has 1 aromatic carbocycles. The van der Waals surface area contributed by atoms with Gasteiger partial charge in [-0.3, -0.25) is 4.79 Å². The molecule has 1 aliphatic heterocycles. The van der Waals surface area contributed by atoms with Crippen molar-refractivity contribution in [3.05, 3.63) is 23.8 Å². The number of carbonyl (C=O) groups excluding carboxylic acids is 1. The molecular formula is C13H18N2O3. The van der Waals surface area contributed by atoms with Gasteiger partial charge in [0.2, 0.25) is 0 Å². The van der Waals surface area contributed by atoms with E-state index in [1.54, 1.807) is 0 Å². The van der Waals surface area contributed by atoms with Gasteiger partial charge in [-0.2, -0.15) is 0 Å². The van der Waals surface area contributed by atoms with Crippen LogP contribution < -0.4 is 10.6 Å². The molecule has 1 aromatic rings. The summed E-state index contributed by atoms with van der Waals surface area (Å²) in [6.45, 7) is 1.86. The Labute approximate surface area is 106 Å². The number of carbonyl (C=O) groups is 1. The molecule has 1 heterocycles. The van der Waals surface area contributed by atoms with E-state index in [9.17, 15) is 15.0 Å². The van der Waals surface area contributed by atoms with E-state index >= 15 is 0 Å². The Balaban J connectivity index is 2.04. The topological polar surface area (TPSA) is 81.6 Å². The lowest BCUT2D eigenvalue weighted by Crippen LogP contribution is -2.35. The molecule has 18 heavy (non-hydrogen) atoms. The third-order valence-electron chi connectivity index (χ3n) is 3.14. The molecule has 1 unspecified atom stereocenters. The number of hydrogen-bond acceptors (Lipinski definition) is 4. The van der Waals surface area contributed by atoms with Crippen molar-refractivity contribution in [2.75, 3.05) is 13.1 Å². The van der Waals surface area contributed by atoms with Crippen molar-refractivity contribution in [2.24, 2.45) is 0 Å². The summed E-state index contributed by atoms with van der Waals surface area (Å²) in [4.78, 5) is 12.0. The molecule has 0 radical (unpaired) electrons. The lowest BCUT2D eigenvalue weighted by atomic mass is 10.1. The van der Waals surface area contributed by atoms with Crippen LogP contribution in [0.3, 0.4) is 0 Å². The minimum absolute atomic E-state index is 0.0273. The predicted molar refractivity (Wildman–Crippen MR) is 67.7 cm³/mol. The van der Waals surface area contributed by atoms with Crippen LogP contribution in [0.15, 0.2) is 18.2 Å². The van der Waals surface area contributed by atoms with Crippen LogP contribution in [-0.2, 0) is 0 Å². The van der Waals surface area contributed by atoms with Gasteiger partial charge in [0, 0.05) is 6.04 Å². The first-order valence-corrected chi connectivity index (χ1v) is 6.20. The first-order valence-electron chi connectivity index (χ1n) is 6.20. The summed E-state index contributed by atoms with van der Waals surface area (Å²) in [7, 11) is 0. The van der Waals surface area contributed by atoms with E-state index < -0.39 is 0 Å². The number of amides is 1. The molecule has 98 valence electrons. The normalized spacial score (nSPS) is 20.1. The van der Waals surface area contributed by atoms with E-state index in [-0.39, 0.29) is 29.0 Å². The van der Waals surface area contributed by atoms with Crippen molar-refractivity contribution in [1.82, 2.24) is 10.6 Å². The van der Waals surface area contributed by atoms with Gasteiger partial charge in [0.25, 0.3) is 5.91 Å². The second-order valence-corrected chi connectivity index (χ2v) is 4.55. The van der Waals surface area contributed by atoms with Crippen LogP contribution in [-0.4, -0.2) is 35.3 Å². The van der Waals surface area contributed by atoms with Gasteiger partial charge in [-0.15, -0.1) is 0 Å². The van der Waals surface area contributed by atoms with Gasteiger partial charge in [0.1, 0.15) is 11.5 Å². The molecule has 1 saturated heterocycles. The molecule has 0 aliphatic carbocycles. The number of phenols is 2. The monoisotopic (exact) mass is 250 g/mol. The Morgan fingerprint density at radius 2 is 2.11 bits per heavy atom. The second kappa shape index (κ2) is 5.73. The largest absolute Gasteiger partial charge is 0.508 e. The number of phenolic OH excluding ortho intramolecular Hbond substituents is 2. The van der Waals surface area contributed by atoms with Gasteiger partial charge in [-0.05, 0) is 50.6 Å². The number of nitrogens with one attached hydrogen (secondary N) is 2. The third kappa shape index (κ3) is 3.13. The van der Waals surface area contributed by atoms with Crippen molar-refractivity contribution < 1.29 is 15.0 Å². The smallest absolute Gasteiger partial charge is 0.255 e. The highest BCUT2D eigenvalue weighted by Crippen LogP contribution is 2.22. The molecule has 5 heteroatoms. The molecule has 0 bridgehead atoms. The van der Waals surface area contributed by atoms with E-state index in [0.717, 1.165) is 32.4 Å². The molecule has 1 fully saturated rings. The summed E-state index contributed by atoms with van der Waals surface area (Å²) >= 11 is 0. The molecule has 2 rings (SSSR count). The summed E-state index contributed by atoms with van der Waals surface area (Å²) < 4.78 is 0. The molecule has 1 atom stereocenters.